The molecule has 0 spiro atoms. The molecule has 17 heavy (non-hydrogen) atoms. The summed E-state index contributed by atoms with van der Waals surface area (Å²) in [6.45, 7) is 0. The minimum atomic E-state index is 0.657. The van der Waals surface area contributed by atoms with Crippen LogP contribution in [-0.4, -0.2) is 0 Å². The number of benzene rings is 2. The van der Waals surface area contributed by atoms with Gasteiger partial charge in [0.25, 0.3) is 0 Å². The topological polar surface area (TPSA) is 0 Å². The molecule has 0 saturated heterocycles. The molecule has 2 aromatic carbocycles. The molecule has 0 aliphatic heterocycles. The zero-order chi connectivity index (χ0) is 12.4. The average molecular weight is 350 g/mol. The Morgan fingerprint density at radius 3 is 2.06 bits per heavy atom. The molecule has 0 atom stereocenters. The second-order valence-electron chi connectivity index (χ2n) is 3.56. The SMILES string of the molecule is Clc1ccc(Cl)c(-c2cc(Cl)ccc2CBr)c1. The summed E-state index contributed by atoms with van der Waals surface area (Å²) in [5.74, 6) is 0. The van der Waals surface area contributed by atoms with Crippen molar-refractivity contribution in [2.45, 2.75) is 5.33 Å². The quantitative estimate of drug-likeness (QED) is 0.565. The molecule has 0 saturated carbocycles. The van der Waals surface area contributed by atoms with Crippen LogP contribution in [0.4, 0.5) is 0 Å². The van der Waals surface area contributed by atoms with Gasteiger partial charge < -0.3 is 0 Å². The Balaban J connectivity index is 2.66. The van der Waals surface area contributed by atoms with E-state index in [0.717, 1.165) is 22.0 Å². The lowest BCUT2D eigenvalue weighted by molar-refractivity contribution is 1.43. The van der Waals surface area contributed by atoms with E-state index in [9.17, 15) is 0 Å². The van der Waals surface area contributed by atoms with Crippen molar-refractivity contribution in [3.63, 3.8) is 0 Å². The number of hydrogen-bond acceptors (Lipinski definition) is 0. The van der Waals surface area contributed by atoms with Gasteiger partial charge in [-0.25, -0.2) is 0 Å². The van der Waals surface area contributed by atoms with Gasteiger partial charge in [0.1, 0.15) is 0 Å². The van der Waals surface area contributed by atoms with E-state index in [4.69, 9.17) is 34.8 Å². The summed E-state index contributed by atoms with van der Waals surface area (Å²) < 4.78 is 0. The third-order valence-corrected chi connectivity index (χ3v) is 3.84. The maximum absolute atomic E-state index is 6.19. The summed E-state index contributed by atoms with van der Waals surface area (Å²) in [6.07, 6.45) is 0. The van der Waals surface area contributed by atoms with Crippen molar-refractivity contribution in [2.24, 2.45) is 0 Å². The lowest BCUT2D eigenvalue weighted by Gasteiger charge is -2.10. The van der Waals surface area contributed by atoms with Gasteiger partial charge in [-0.05, 0) is 41.5 Å². The number of halogens is 4. The van der Waals surface area contributed by atoms with Crippen molar-refractivity contribution in [1.82, 2.24) is 0 Å². The molecule has 0 bridgehead atoms. The van der Waals surface area contributed by atoms with E-state index >= 15 is 0 Å². The highest BCUT2D eigenvalue weighted by atomic mass is 79.9. The maximum Gasteiger partial charge on any atom is 0.0485 e. The minimum absolute atomic E-state index is 0.657. The first-order valence-electron chi connectivity index (χ1n) is 4.91. The standard InChI is InChI=1S/C13H8BrCl3/c14-7-8-1-2-9(15)5-11(8)12-6-10(16)3-4-13(12)17/h1-6H,7H2. The van der Waals surface area contributed by atoms with E-state index in [2.05, 4.69) is 15.9 Å². The van der Waals surface area contributed by atoms with Gasteiger partial charge in [-0.1, -0.05) is 56.8 Å². The zero-order valence-corrected chi connectivity index (χ0v) is 12.5. The Labute approximate surface area is 124 Å². The van der Waals surface area contributed by atoms with Crippen LogP contribution < -0.4 is 0 Å². The molecule has 0 amide bonds. The van der Waals surface area contributed by atoms with Crippen LogP contribution in [0.2, 0.25) is 15.1 Å². The van der Waals surface area contributed by atoms with Gasteiger partial charge in [0.05, 0.1) is 0 Å². The highest BCUT2D eigenvalue weighted by molar-refractivity contribution is 9.08. The molecule has 0 aromatic heterocycles. The second kappa shape index (κ2) is 5.62. The number of alkyl halides is 1. The molecule has 0 fully saturated rings. The molecule has 0 radical (unpaired) electrons. The highest BCUT2D eigenvalue weighted by Gasteiger charge is 2.09. The molecule has 0 aliphatic rings. The summed E-state index contributed by atoms with van der Waals surface area (Å²) in [5.41, 5.74) is 3.02. The summed E-state index contributed by atoms with van der Waals surface area (Å²) in [6, 6.07) is 11.1. The largest absolute Gasteiger partial charge is 0.0876 e. The van der Waals surface area contributed by atoms with Crippen LogP contribution in [0.15, 0.2) is 36.4 Å². The van der Waals surface area contributed by atoms with Crippen LogP contribution in [0.1, 0.15) is 5.56 Å². The number of hydrogen-bond donors (Lipinski definition) is 0. The van der Waals surface area contributed by atoms with Gasteiger partial charge in [-0.3, -0.25) is 0 Å². The predicted octanol–water partition coefficient (Wildman–Crippen LogP) is 6.21. The third kappa shape index (κ3) is 2.97. The average Bonchev–Trinajstić information content (AvgIpc) is 2.32. The first-order chi connectivity index (χ1) is 8.11. The van der Waals surface area contributed by atoms with Gasteiger partial charge in [-0.2, -0.15) is 0 Å². The van der Waals surface area contributed by atoms with Crippen LogP contribution >= 0.6 is 50.7 Å². The highest BCUT2D eigenvalue weighted by Crippen LogP contribution is 2.35. The first kappa shape index (κ1) is 13.2. The second-order valence-corrected chi connectivity index (χ2v) is 5.40. The molecule has 2 rings (SSSR count). The molecule has 0 heterocycles. The Bertz CT molecular complexity index is 552. The smallest absolute Gasteiger partial charge is 0.0485 e. The molecule has 2 aromatic rings. The normalized spacial score (nSPS) is 10.6. The summed E-state index contributed by atoms with van der Waals surface area (Å²) >= 11 is 21.7. The lowest BCUT2D eigenvalue weighted by Crippen LogP contribution is -1.87. The molecule has 0 nitrogen and oxygen atoms in total. The van der Waals surface area contributed by atoms with Crippen LogP contribution in [0.25, 0.3) is 11.1 Å². The van der Waals surface area contributed by atoms with Gasteiger partial charge in [0.2, 0.25) is 0 Å². The Kier molecular flexibility index (Phi) is 4.37. The Morgan fingerprint density at radius 2 is 1.41 bits per heavy atom. The fourth-order valence-corrected chi connectivity index (χ4v) is 2.67. The lowest BCUT2D eigenvalue weighted by atomic mass is 10.0. The van der Waals surface area contributed by atoms with Gasteiger partial charge in [-0.15, -0.1) is 0 Å². The molecule has 88 valence electrons. The van der Waals surface area contributed by atoms with E-state index < -0.39 is 0 Å². The zero-order valence-electron chi connectivity index (χ0n) is 8.68. The molecular formula is C13H8BrCl3. The Morgan fingerprint density at radius 1 is 0.824 bits per heavy atom. The van der Waals surface area contributed by atoms with Crippen molar-refractivity contribution < 1.29 is 0 Å². The van der Waals surface area contributed by atoms with Crippen LogP contribution in [0, 0.1) is 0 Å². The maximum atomic E-state index is 6.19. The predicted molar refractivity (Wildman–Crippen MR) is 79.5 cm³/mol. The van der Waals surface area contributed by atoms with Crippen LogP contribution in [0.5, 0.6) is 0 Å². The van der Waals surface area contributed by atoms with E-state index in [1.807, 2.05) is 24.3 Å². The van der Waals surface area contributed by atoms with Crippen LogP contribution in [0.3, 0.4) is 0 Å². The van der Waals surface area contributed by atoms with Crippen molar-refractivity contribution in [2.75, 3.05) is 0 Å². The molecule has 0 aliphatic carbocycles. The minimum Gasteiger partial charge on any atom is -0.0876 e. The van der Waals surface area contributed by atoms with E-state index in [1.54, 1.807) is 12.1 Å². The summed E-state index contributed by atoms with van der Waals surface area (Å²) in [7, 11) is 0. The summed E-state index contributed by atoms with van der Waals surface area (Å²) in [5, 5.41) is 2.74. The van der Waals surface area contributed by atoms with Crippen LogP contribution in [-0.2, 0) is 5.33 Å². The van der Waals surface area contributed by atoms with E-state index in [1.165, 1.54) is 0 Å². The van der Waals surface area contributed by atoms with E-state index in [-0.39, 0.29) is 0 Å². The third-order valence-electron chi connectivity index (χ3n) is 2.43. The van der Waals surface area contributed by atoms with Crippen molar-refractivity contribution >= 4 is 50.7 Å². The summed E-state index contributed by atoms with van der Waals surface area (Å²) in [4.78, 5) is 0. The van der Waals surface area contributed by atoms with Gasteiger partial charge >= 0.3 is 0 Å². The van der Waals surface area contributed by atoms with Gasteiger partial charge in [0, 0.05) is 26.0 Å². The Hall–Kier alpha value is -0.210. The first-order valence-corrected chi connectivity index (χ1v) is 7.17. The fourth-order valence-electron chi connectivity index (χ4n) is 1.62. The molecule has 0 unspecified atom stereocenters. The number of rotatable bonds is 2. The van der Waals surface area contributed by atoms with Crippen molar-refractivity contribution in [3.8, 4) is 11.1 Å². The van der Waals surface area contributed by atoms with Crippen molar-refractivity contribution in [3.05, 3.63) is 57.0 Å². The molecule has 4 heteroatoms. The van der Waals surface area contributed by atoms with E-state index in [0.29, 0.717) is 15.1 Å². The van der Waals surface area contributed by atoms with Crippen molar-refractivity contribution in [1.29, 1.82) is 0 Å². The monoisotopic (exact) mass is 348 g/mol. The molecule has 0 N–H and O–H groups in total. The fraction of sp³-hybridized carbons (Fsp3) is 0.0769. The van der Waals surface area contributed by atoms with Gasteiger partial charge in [0.15, 0.2) is 0 Å². The molecular weight excluding hydrogens is 342 g/mol.